The van der Waals surface area contributed by atoms with Crippen molar-refractivity contribution >= 4 is 0 Å². The summed E-state index contributed by atoms with van der Waals surface area (Å²) in [6.07, 6.45) is 0. The van der Waals surface area contributed by atoms with Crippen molar-refractivity contribution in [3.05, 3.63) is 46.8 Å². The minimum Gasteiger partial charge on any atom is -0.497 e. The summed E-state index contributed by atoms with van der Waals surface area (Å²) in [6, 6.07) is 8.51. The maximum absolute atomic E-state index is 5.72. The topological polar surface area (TPSA) is 50.4 Å². The van der Waals surface area contributed by atoms with E-state index >= 15 is 0 Å². The van der Waals surface area contributed by atoms with E-state index in [2.05, 4.69) is 41.1 Å². The van der Waals surface area contributed by atoms with Gasteiger partial charge in [0.2, 0.25) is 0 Å². The molecule has 1 aromatic carbocycles. The van der Waals surface area contributed by atoms with E-state index in [1.165, 1.54) is 11.1 Å². The van der Waals surface area contributed by atoms with Gasteiger partial charge in [0.1, 0.15) is 5.75 Å². The highest BCUT2D eigenvalue weighted by Gasteiger charge is 2.28. The molecule has 1 aliphatic rings. The van der Waals surface area contributed by atoms with Gasteiger partial charge in [-0.1, -0.05) is 12.1 Å². The number of nitrogens with one attached hydrogen (secondary N) is 1. The highest BCUT2D eigenvalue weighted by Crippen LogP contribution is 2.30. The number of morpholine rings is 1. The van der Waals surface area contributed by atoms with Gasteiger partial charge in [-0.05, 0) is 31.5 Å². The van der Waals surface area contributed by atoms with Crippen LogP contribution in [0.2, 0.25) is 0 Å². The molecule has 1 atom stereocenters. The van der Waals surface area contributed by atoms with Gasteiger partial charge in [-0.3, -0.25) is 10.00 Å². The molecule has 0 aliphatic carbocycles. The Balaban J connectivity index is 1.83. The minimum absolute atomic E-state index is 0.249. The molecule has 0 radical (unpaired) electrons. The molecule has 2 aromatic rings. The van der Waals surface area contributed by atoms with E-state index in [0.717, 1.165) is 36.8 Å². The Morgan fingerprint density at radius 1 is 1.41 bits per heavy atom. The van der Waals surface area contributed by atoms with Crippen molar-refractivity contribution in [2.45, 2.75) is 26.4 Å². The molecule has 3 rings (SSSR count). The molecule has 1 aromatic heterocycles. The molecule has 0 spiro atoms. The van der Waals surface area contributed by atoms with Gasteiger partial charge in [0, 0.05) is 24.3 Å². The number of ether oxygens (including phenoxy) is 2. The number of hydrogen-bond acceptors (Lipinski definition) is 4. The quantitative estimate of drug-likeness (QED) is 0.943. The van der Waals surface area contributed by atoms with Gasteiger partial charge in [0.05, 0.1) is 32.1 Å². The fourth-order valence-electron chi connectivity index (χ4n) is 3.15. The highest BCUT2D eigenvalue weighted by atomic mass is 16.5. The number of aromatic amines is 1. The van der Waals surface area contributed by atoms with Crippen molar-refractivity contribution in [2.24, 2.45) is 0 Å². The van der Waals surface area contributed by atoms with Crippen LogP contribution in [0.5, 0.6) is 5.75 Å². The molecule has 1 aliphatic heterocycles. The van der Waals surface area contributed by atoms with E-state index < -0.39 is 0 Å². The van der Waals surface area contributed by atoms with Gasteiger partial charge < -0.3 is 9.47 Å². The second kappa shape index (κ2) is 6.50. The third kappa shape index (κ3) is 3.00. The SMILES string of the molecule is COc1cccc(CN2CCOC[C@@H]2c2c(C)n[nH]c2C)c1. The summed E-state index contributed by atoms with van der Waals surface area (Å²) in [7, 11) is 1.70. The smallest absolute Gasteiger partial charge is 0.119 e. The summed E-state index contributed by atoms with van der Waals surface area (Å²) in [5.74, 6) is 0.901. The number of aryl methyl sites for hydroxylation is 2. The van der Waals surface area contributed by atoms with Crippen LogP contribution in [0.15, 0.2) is 24.3 Å². The van der Waals surface area contributed by atoms with Gasteiger partial charge in [0.25, 0.3) is 0 Å². The zero-order chi connectivity index (χ0) is 15.5. The largest absolute Gasteiger partial charge is 0.497 e. The fourth-order valence-corrected chi connectivity index (χ4v) is 3.15. The summed E-state index contributed by atoms with van der Waals surface area (Å²) >= 11 is 0. The predicted octanol–water partition coefficient (Wildman–Crippen LogP) is 2.61. The van der Waals surface area contributed by atoms with Crippen molar-refractivity contribution in [2.75, 3.05) is 26.9 Å². The average Bonchev–Trinajstić information content (AvgIpc) is 2.87. The van der Waals surface area contributed by atoms with Crippen LogP contribution in [0.4, 0.5) is 0 Å². The zero-order valence-corrected chi connectivity index (χ0v) is 13.4. The number of aromatic nitrogens is 2. The lowest BCUT2D eigenvalue weighted by Gasteiger charge is -2.36. The van der Waals surface area contributed by atoms with Crippen LogP contribution in [-0.2, 0) is 11.3 Å². The van der Waals surface area contributed by atoms with Crippen LogP contribution < -0.4 is 4.74 Å². The molecule has 5 nitrogen and oxygen atoms in total. The van der Waals surface area contributed by atoms with Gasteiger partial charge in [-0.15, -0.1) is 0 Å². The van der Waals surface area contributed by atoms with Crippen LogP contribution in [-0.4, -0.2) is 42.0 Å². The van der Waals surface area contributed by atoms with E-state index in [4.69, 9.17) is 9.47 Å². The average molecular weight is 301 g/mol. The van der Waals surface area contributed by atoms with Gasteiger partial charge in [-0.2, -0.15) is 5.10 Å². The van der Waals surface area contributed by atoms with Gasteiger partial charge in [0.15, 0.2) is 0 Å². The lowest BCUT2D eigenvalue weighted by molar-refractivity contribution is -0.0131. The summed E-state index contributed by atoms with van der Waals surface area (Å²) in [5.41, 5.74) is 4.71. The zero-order valence-electron chi connectivity index (χ0n) is 13.4. The fraction of sp³-hybridized carbons (Fsp3) is 0.471. The summed E-state index contributed by atoms with van der Waals surface area (Å²) in [6.45, 7) is 7.42. The molecule has 22 heavy (non-hydrogen) atoms. The molecular weight excluding hydrogens is 278 g/mol. The summed E-state index contributed by atoms with van der Waals surface area (Å²) in [4.78, 5) is 2.46. The van der Waals surface area contributed by atoms with E-state index in [-0.39, 0.29) is 6.04 Å². The van der Waals surface area contributed by atoms with Gasteiger partial charge in [-0.25, -0.2) is 0 Å². The Kier molecular flexibility index (Phi) is 4.45. The number of rotatable bonds is 4. The molecule has 2 heterocycles. The van der Waals surface area contributed by atoms with Crippen molar-refractivity contribution in [3.8, 4) is 5.75 Å². The summed E-state index contributed by atoms with van der Waals surface area (Å²) in [5, 5.41) is 7.42. The monoisotopic (exact) mass is 301 g/mol. The third-order valence-corrected chi connectivity index (χ3v) is 4.28. The lowest BCUT2D eigenvalue weighted by Crippen LogP contribution is -2.39. The van der Waals surface area contributed by atoms with Crippen LogP contribution in [0.3, 0.4) is 0 Å². The Hall–Kier alpha value is -1.85. The first kappa shape index (κ1) is 15.1. The van der Waals surface area contributed by atoms with Crippen molar-refractivity contribution < 1.29 is 9.47 Å². The number of hydrogen-bond donors (Lipinski definition) is 1. The first-order chi connectivity index (χ1) is 10.7. The highest BCUT2D eigenvalue weighted by molar-refractivity contribution is 5.30. The molecule has 0 amide bonds. The minimum atomic E-state index is 0.249. The molecule has 118 valence electrons. The van der Waals surface area contributed by atoms with Crippen LogP contribution in [0, 0.1) is 13.8 Å². The molecule has 0 saturated carbocycles. The van der Waals surface area contributed by atoms with Crippen molar-refractivity contribution in [1.29, 1.82) is 0 Å². The van der Waals surface area contributed by atoms with E-state index in [0.29, 0.717) is 6.61 Å². The Morgan fingerprint density at radius 3 is 3.00 bits per heavy atom. The van der Waals surface area contributed by atoms with Crippen LogP contribution in [0.1, 0.15) is 28.6 Å². The molecule has 0 unspecified atom stereocenters. The molecule has 1 fully saturated rings. The van der Waals surface area contributed by atoms with Crippen molar-refractivity contribution in [3.63, 3.8) is 0 Å². The first-order valence-corrected chi connectivity index (χ1v) is 7.65. The second-order valence-electron chi connectivity index (χ2n) is 5.76. The molecule has 0 bridgehead atoms. The molecule has 5 heteroatoms. The standard InChI is InChI=1S/C17H23N3O2/c1-12-17(13(2)19-18-12)16-11-22-8-7-20(16)10-14-5-4-6-15(9-14)21-3/h4-6,9,16H,7-8,10-11H2,1-3H3,(H,18,19)/t16-/m1/s1. The molecular formula is C17H23N3O2. The third-order valence-electron chi connectivity index (χ3n) is 4.28. The van der Waals surface area contributed by atoms with E-state index in [1.54, 1.807) is 7.11 Å². The van der Waals surface area contributed by atoms with Gasteiger partial charge >= 0.3 is 0 Å². The number of methoxy groups -OCH3 is 1. The molecule has 1 N–H and O–H groups in total. The number of nitrogens with zero attached hydrogens (tertiary/aromatic N) is 2. The first-order valence-electron chi connectivity index (χ1n) is 7.65. The normalized spacial score (nSPS) is 19.3. The lowest BCUT2D eigenvalue weighted by atomic mass is 10.0. The molecule has 1 saturated heterocycles. The number of H-pyrrole nitrogens is 1. The van der Waals surface area contributed by atoms with E-state index in [1.807, 2.05) is 12.1 Å². The Morgan fingerprint density at radius 2 is 2.27 bits per heavy atom. The van der Waals surface area contributed by atoms with Crippen LogP contribution >= 0.6 is 0 Å². The van der Waals surface area contributed by atoms with Crippen molar-refractivity contribution in [1.82, 2.24) is 15.1 Å². The van der Waals surface area contributed by atoms with Crippen LogP contribution in [0.25, 0.3) is 0 Å². The number of benzene rings is 1. The second-order valence-corrected chi connectivity index (χ2v) is 5.76. The summed E-state index contributed by atoms with van der Waals surface area (Å²) < 4.78 is 11.0. The predicted molar refractivity (Wildman–Crippen MR) is 85.0 cm³/mol. The Labute approximate surface area is 131 Å². The Bertz CT molecular complexity index is 619. The maximum Gasteiger partial charge on any atom is 0.119 e. The maximum atomic E-state index is 5.72. The van der Waals surface area contributed by atoms with E-state index in [9.17, 15) is 0 Å².